The maximum Gasteiger partial charge on any atom is 0.191 e. The van der Waals surface area contributed by atoms with Gasteiger partial charge in [0, 0.05) is 25.3 Å². The Bertz CT molecular complexity index is 585. The molecule has 1 N–H and O–H groups in total. The molecule has 0 saturated carbocycles. The zero-order chi connectivity index (χ0) is 14.7. The molecule has 8 heteroatoms. The Kier molecular flexibility index (Phi) is 4.54. The van der Waals surface area contributed by atoms with Crippen molar-refractivity contribution < 1.29 is 0 Å². The molecule has 0 radical (unpaired) electrons. The highest BCUT2D eigenvalue weighted by Gasteiger charge is 2.21. The summed E-state index contributed by atoms with van der Waals surface area (Å²) in [6, 6.07) is 0. The highest BCUT2D eigenvalue weighted by Crippen LogP contribution is 2.26. The van der Waals surface area contributed by atoms with Crippen LogP contribution in [0.2, 0.25) is 0 Å². The second-order valence-corrected chi connectivity index (χ2v) is 6.41. The molecule has 114 valence electrons. The largest absolute Gasteiger partial charge is 0.317 e. The maximum absolute atomic E-state index is 4.41. The lowest BCUT2D eigenvalue weighted by atomic mass is 9.97. The standard InChI is InChI=1S/C13H21N7S/c1-10-16-15-9-20(10)7-8-21-13-18-17-12(19(13)2)11-3-5-14-6-4-11/h9,11,14H,3-8H2,1-2H3. The zero-order valence-corrected chi connectivity index (χ0v) is 13.3. The summed E-state index contributed by atoms with van der Waals surface area (Å²) in [4.78, 5) is 0. The van der Waals surface area contributed by atoms with E-state index < -0.39 is 0 Å². The Morgan fingerprint density at radius 3 is 2.81 bits per heavy atom. The molecule has 1 aliphatic rings. The molecule has 2 aromatic rings. The summed E-state index contributed by atoms with van der Waals surface area (Å²) in [7, 11) is 2.07. The van der Waals surface area contributed by atoms with Crippen molar-refractivity contribution in [2.75, 3.05) is 18.8 Å². The number of thioether (sulfide) groups is 1. The molecule has 21 heavy (non-hydrogen) atoms. The van der Waals surface area contributed by atoms with E-state index in [0.717, 1.165) is 55.0 Å². The van der Waals surface area contributed by atoms with Gasteiger partial charge in [-0.2, -0.15) is 0 Å². The Balaban J connectivity index is 1.58. The van der Waals surface area contributed by atoms with E-state index >= 15 is 0 Å². The van der Waals surface area contributed by atoms with Crippen molar-refractivity contribution in [3.05, 3.63) is 18.0 Å². The number of aromatic nitrogens is 6. The van der Waals surface area contributed by atoms with E-state index in [0.29, 0.717) is 5.92 Å². The van der Waals surface area contributed by atoms with Gasteiger partial charge in [-0.25, -0.2) is 0 Å². The predicted molar refractivity (Wildman–Crippen MR) is 81.3 cm³/mol. The summed E-state index contributed by atoms with van der Waals surface area (Å²) < 4.78 is 4.21. The van der Waals surface area contributed by atoms with Crippen LogP contribution in [0.1, 0.15) is 30.4 Å². The molecule has 0 unspecified atom stereocenters. The van der Waals surface area contributed by atoms with Crippen molar-refractivity contribution in [2.45, 2.75) is 37.4 Å². The third-order valence-electron chi connectivity index (χ3n) is 3.95. The van der Waals surface area contributed by atoms with Crippen LogP contribution in [0.15, 0.2) is 11.5 Å². The van der Waals surface area contributed by atoms with Crippen molar-refractivity contribution in [3.8, 4) is 0 Å². The number of nitrogens with zero attached hydrogens (tertiary/aromatic N) is 6. The Morgan fingerprint density at radius 2 is 2.10 bits per heavy atom. The Labute approximate surface area is 128 Å². The summed E-state index contributed by atoms with van der Waals surface area (Å²) in [5, 5.41) is 21.0. The van der Waals surface area contributed by atoms with Gasteiger partial charge in [0.2, 0.25) is 0 Å². The van der Waals surface area contributed by atoms with Gasteiger partial charge in [-0.1, -0.05) is 11.8 Å². The van der Waals surface area contributed by atoms with Crippen LogP contribution in [0.3, 0.4) is 0 Å². The van der Waals surface area contributed by atoms with Gasteiger partial charge in [0.25, 0.3) is 0 Å². The highest BCUT2D eigenvalue weighted by atomic mass is 32.2. The first-order chi connectivity index (χ1) is 10.3. The molecule has 0 amide bonds. The Morgan fingerprint density at radius 1 is 1.29 bits per heavy atom. The monoisotopic (exact) mass is 307 g/mol. The van der Waals surface area contributed by atoms with E-state index in [9.17, 15) is 0 Å². The van der Waals surface area contributed by atoms with Crippen LogP contribution >= 0.6 is 11.8 Å². The molecule has 3 rings (SSSR count). The molecule has 0 bridgehead atoms. The Hall–Kier alpha value is -1.41. The third-order valence-corrected chi connectivity index (χ3v) is 4.95. The molecule has 0 aromatic carbocycles. The van der Waals surface area contributed by atoms with Gasteiger partial charge in [0.05, 0.1) is 0 Å². The number of nitrogens with one attached hydrogen (secondary N) is 1. The normalized spacial score (nSPS) is 16.5. The molecule has 0 atom stereocenters. The molecule has 0 spiro atoms. The second kappa shape index (κ2) is 6.57. The number of aryl methyl sites for hydroxylation is 2. The van der Waals surface area contributed by atoms with Gasteiger partial charge in [0.1, 0.15) is 18.0 Å². The minimum absolute atomic E-state index is 0.540. The van der Waals surface area contributed by atoms with Gasteiger partial charge in [-0.05, 0) is 32.9 Å². The number of hydrogen-bond acceptors (Lipinski definition) is 6. The van der Waals surface area contributed by atoms with E-state index in [4.69, 9.17) is 0 Å². The molecule has 0 aliphatic carbocycles. The fraction of sp³-hybridized carbons (Fsp3) is 0.692. The zero-order valence-electron chi connectivity index (χ0n) is 12.5. The van der Waals surface area contributed by atoms with E-state index in [1.165, 1.54) is 0 Å². The van der Waals surface area contributed by atoms with E-state index in [1.807, 2.05) is 6.92 Å². The quantitative estimate of drug-likeness (QED) is 0.830. The van der Waals surface area contributed by atoms with Crippen molar-refractivity contribution in [3.63, 3.8) is 0 Å². The molecule has 1 fully saturated rings. The molecular weight excluding hydrogens is 286 g/mol. The molecular formula is C13H21N7S. The van der Waals surface area contributed by atoms with Crippen LogP contribution in [-0.2, 0) is 13.6 Å². The average molecular weight is 307 g/mol. The molecule has 1 aliphatic heterocycles. The summed E-state index contributed by atoms with van der Waals surface area (Å²) in [6.07, 6.45) is 4.07. The number of hydrogen-bond donors (Lipinski definition) is 1. The van der Waals surface area contributed by atoms with Crippen molar-refractivity contribution in [2.24, 2.45) is 7.05 Å². The fourth-order valence-corrected chi connectivity index (χ4v) is 3.51. The lowest BCUT2D eigenvalue weighted by Crippen LogP contribution is -2.27. The SMILES string of the molecule is Cc1nncn1CCSc1nnc(C2CCNCC2)n1C. The average Bonchev–Trinajstić information content (AvgIpc) is 3.07. The summed E-state index contributed by atoms with van der Waals surface area (Å²) >= 11 is 1.74. The molecule has 2 aromatic heterocycles. The van der Waals surface area contributed by atoms with Gasteiger partial charge >= 0.3 is 0 Å². The predicted octanol–water partition coefficient (Wildman–Crippen LogP) is 0.974. The van der Waals surface area contributed by atoms with E-state index in [2.05, 4.69) is 41.9 Å². The second-order valence-electron chi connectivity index (χ2n) is 5.34. The maximum atomic E-state index is 4.41. The van der Waals surface area contributed by atoms with Crippen LogP contribution in [-0.4, -0.2) is 48.4 Å². The first-order valence-corrected chi connectivity index (χ1v) is 8.31. The van der Waals surface area contributed by atoms with Crippen LogP contribution in [0.5, 0.6) is 0 Å². The van der Waals surface area contributed by atoms with Crippen molar-refractivity contribution in [1.82, 2.24) is 34.8 Å². The topological polar surface area (TPSA) is 73.4 Å². The lowest BCUT2D eigenvalue weighted by Gasteiger charge is -2.21. The van der Waals surface area contributed by atoms with Crippen molar-refractivity contribution in [1.29, 1.82) is 0 Å². The summed E-state index contributed by atoms with van der Waals surface area (Å²) in [6.45, 7) is 5.01. The van der Waals surface area contributed by atoms with Gasteiger partial charge in [-0.15, -0.1) is 20.4 Å². The highest BCUT2D eigenvalue weighted by molar-refractivity contribution is 7.99. The summed E-state index contributed by atoms with van der Waals surface area (Å²) in [5.41, 5.74) is 0. The van der Waals surface area contributed by atoms with Crippen LogP contribution in [0.25, 0.3) is 0 Å². The lowest BCUT2D eigenvalue weighted by molar-refractivity contribution is 0.434. The smallest absolute Gasteiger partial charge is 0.191 e. The first-order valence-electron chi connectivity index (χ1n) is 7.33. The van der Waals surface area contributed by atoms with Gasteiger partial charge in [0.15, 0.2) is 5.16 Å². The fourth-order valence-electron chi connectivity index (χ4n) is 2.66. The third kappa shape index (κ3) is 3.26. The van der Waals surface area contributed by atoms with E-state index in [1.54, 1.807) is 18.1 Å². The summed E-state index contributed by atoms with van der Waals surface area (Å²) in [5.74, 6) is 3.55. The number of piperidine rings is 1. The van der Waals surface area contributed by atoms with Gasteiger partial charge in [-0.3, -0.25) is 0 Å². The van der Waals surface area contributed by atoms with E-state index in [-0.39, 0.29) is 0 Å². The van der Waals surface area contributed by atoms with Crippen LogP contribution in [0.4, 0.5) is 0 Å². The van der Waals surface area contributed by atoms with Gasteiger partial charge < -0.3 is 14.5 Å². The first kappa shape index (κ1) is 14.5. The van der Waals surface area contributed by atoms with Crippen molar-refractivity contribution >= 4 is 11.8 Å². The van der Waals surface area contributed by atoms with Crippen LogP contribution < -0.4 is 5.32 Å². The van der Waals surface area contributed by atoms with Crippen LogP contribution in [0, 0.1) is 6.92 Å². The minimum atomic E-state index is 0.540. The number of rotatable bonds is 5. The molecule has 7 nitrogen and oxygen atoms in total. The molecule has 1 saturated heterocycles. The molecule has 3 heterocycles. The minimum Gasteiger partial charge on any atom is -0.317 e.